The van der Waals surface area contributed by atoms with Crippen molar-refractivity contribution in [1.82, 2.24) is 9.55 Å². The Bertz CT molecular complexity index is 673. The minimum atomic E-state index is -0.485. The molecule has 0 amide bonds. The van der Waals surface area contributed by atoms with Gasteiger partial charge in [0.2, 0.25) is 0 Å². The Morgan fingerprint density at radius 2 is 2.11 bits per heavy atom. The minimum absolute atomic E-state index is 0.236. The molecule has 18 heavy (non-hydrogen) atoms. The summed E-state index contributed by atoms with van der Waals surface area (Å²) in [7, 11) is 0. The number of nitrogens with one attached hydrogen (secondary N) is 1. The zero-order chi connectivity index (χ0) is 13.1. The monoisotopic (exact) mass is 248 g/mol. The first-order chi connectivity index (χ1) is 8.60. The van der Waals surface area contributed by atoms with Crippen molar-refractivity contribution in [3.63, 3.8) is 0 Å². The van der Waals surface area contributed by atoms with Crippen LogP contribution in [0.25, 0.3) is 0 Å². The highest BCUT2D eigenvalue weighted by Crippen LogP contribution is 2.04. The van der Waals surface area contributed by atoms with E-state index in [0.29, 0.717) is 17.5 Å². The number of aryl methyl sites for hydroxylation is 1. The maximum absolute atomic E-state index is 13.0. The second-order valence-corrected chi connectivity index (χ2v) is 4.02. The second kappa shape index (κ2) is 5.00. The second-order valence-electron chi connectivity index (χ2n) is 4.02. The van der Waals surface area contributed by atoms with Gasteiger partial charge in [0.1, 0.15) is 5.82 Å². The fourth-order valence-electron chi connectivity index (χ4n) is 1.76. The first-order valence-electron chi connectivity index (χ1n) is 5.67. The van der Waals surface area contributed by atoms with Crippen LogP contribution in [0.5, 0.6) is 0 Å². The van der Waals surface area contributed by atoms with Gasteiger partial charge in [-0.3, -0.25) is 14.3 Å². The summed E-state index contributed by atoms with van der Waals surface area (Å²) in [6, 6.07) is 6.02. The van der Waals surface area contributed by atoms with Gasteiger partial charge in [-0.2, -0.15) is 0 Å². The van der Waals surface area contributed by atoms with Crippen molar-refractivity contribution in [3.05, 3.63) is 68.2 Å². The quantitative estimate of drug-likeness (QED) is 0.889. The number of aromatic nitrogens is 2. The Labute approximate surface area is 103 Å². The zero-order valence-corrected chi connectivity index (χ0v) is 9.94. The van der Waals surface area contributed by atoms with Crippen LogP contribution in [-0.4, -0.2) is 9.55 Å². The van der Waals surface area contributed by atoms with E-state index in [-0.39, 0.29) is 17.9 Å². The molecule has 1 heterocycles. The third-order valence-corrected chi connectivity index (χ3v) is 2.71. The van der Waals surface area contributed by atoms with E-state index >= 15 is 0 Å². The van der Waals surface area contributed by atoms with Gasteiger partial charge in [0.25, 0.3) is 5.56 Å². The van der Waals surface area contributed by atoms with E-state index < -0.39 is 5.69 Å². The van der Waals surface area contributed by atoms with Gasteiger partial charge in [-0.05, 0) is 24.1 Å². The Balaban J connectivity index is 2.40. The molecule has 0 bridgehead atoms. The molecule has 0 fully saturated rings. The molecule has 0 aliphatic carbocycles. The Hall–Kier alpha value is -2.17. The highest BCUT2D eigenvalue weighted by molar-refractivity contribution is 5.17. The van der Waals surface area contributed by atoms with Crippen LogP contribution >= 0.6 is 0 Å². The molecule has 4 nitrogen and oxygen atoms in total. The van der Waals surface area contributed by atoms with Gasteiger partial charge in [0.05, 0.1) is 6.54 Å². The van der Waals surface area contributed by atoms with E-state index in [1.165, 1.54) is 22.9 Å². The Morgan fingerprint density at radius 1 is 1.33 bits per heavy atom. The standard InChI is InChI=1S/C13H13FN2O2/c1-2-10-8-16(13(18)15-12(10)17)7-9-4-3-5-11(14)6-9/h3-6,8H,2,7H2,1H3,(H,15,17,18). The van der Waals surface area contributed by atoms with Crippen LogP contribution in [0.4, 0.5) is 4.39 Å². The molecule has 94 valence electrons. The molecule has 1 N–H and O–H groups in total. The topological polar surface area (TPSA) is 54.9 Å². The molecule has 2 aromatic rings. The van der Waals surface area contributed by atoms with Crippen molar-refractivity contribution in [3.8, 4) is 0 Å². The zero-order valence-electron chi connectivity index (χ0n) is 9.94. The third kappa shape index (κ3) is 2.56. The van der Waals surface area contributed by atoms with Crippen molar-refractivity contribution < 1.29 is 4.39 Å². The lowest BCUT2D eigenvalue weighted by atomic mass is 10.2. The molecular formula is C13H13FN2O2. The van der Waals surface area contributed by atoms with Crippen LogP contribution in [0.3, 0.4) is 0 Å². The molecule has 0 atom stereocenters. The number of hydrogen-bond donors (Lipinski definition) is 1. The predicted octanol–water partition coefficient (Wildman–Crippen LogP) is 1.29. The number of hydrogen-bond acceptors (Lipinski definition) is 2. The highest BCUT2D eigenvalue weighted by atomic mass is 19.1. The van der Waals surface area contributed by atoms with Crippen molar-refractivity contribution >= 4 is 0 Å². The summed E-state index contributed by atoms with van der Waals surface area (Å²) in [4.78, 5) is 25.3. The lowest BCUT2D eigenvalue weighted by Crippen LogP contribution is -2.31. The molecule has 0 aliphatic rings. The molecule has 5 heteroatoms. The van der Waals surface area contributed by atoms with Gasteiger partial charge in [0.15, 0.2) is 0 Å². The third-order valence-electron chi connectivity index (χ3n) is 2.71. The number of rotatable bonds is 3. The molecule has 1 aromatic heterocycles. The molecule has 2 rings (SSSR count). The van der Waals surface area contributed by atoms with E-state index in [0.717, 1.165) is 0 Å². The number of H-pyrrole nitrogens is 1. The van der Waals surface area contributed by atoms with Crippen molar-refractivity contribution in [2.24, 2.45) is 0 Å². The van der Waals surface area contributed by atoms with Crippen molar-refractivity contribution in [1.29, 1.82) is 0 Å². The molecule has 0 aliphatic heterocycles. The first kappa shape index (κ1) is 12.3. The summed E-state index contributed by atoms with van der Waals surface area (Å²) >= 11 is 0. The first-order valence-corrected chi connectivity index (χ1v) is 5.67. The normalized spacial score (nSPS) is 10.6. The predicted molar refractivity (Wildman–Crippen MR) is 66.2 cm³/mol. The average molecular weight is 248 g/mol. The largest absolute Gasteiger partial charge is 0.328 e. The summed E-state index contributed by atoms with van der Waals surface area (Å²) in [5.74, 6) is -0.347. The number of nitrogens with zero attached hydrogens (tertiary/aromatic N) is 1. The van der Waals surface area contributed by atoms with Crippen LogP contribution < -0.4 is 11.2 Å². The average Bonchev–Trinajstić information content (AvgIpc) is 2.33. The molecule has 1 aromatic carbocycles. The van der Waals surface area contributed by atoms with E-state index in [1.54, 1.807) is 12.1 Å². The van der Waals surface area contributed by atoms with Gasteiger partial charge >= 0.3 is 5.69 Å². The molecule has 0 radical (unpaired) electrons. The summed E-state index contributed by atoms with van der Waals surface area (Å²) < 4.78 is 14.4. The van der Waals surface area contributed by atoms with E-state index in [4.69, 9.17) is 0 Å². The summed E-state index contributed by atoms with van der Waals surface area (Å²) in [5, 5.41) is 0. The molecule has 0 spiro atoms. The van der Waals surface area contributed by atoms with Gasteiger partial charge in [-0.15, -0.1) is 0 Å². The van der Waals surface area contributed by atoms with Gasteiger partial charge in [-0.1, -0.05) is 19.1 Å². The minimum Gasteiger partial charge on any atom is -0.296 e. The van der Waals surface area contributed by atoms with Gasteiger partial charge < -0.3 is 0 Å². The number of halogens is 1. The summed E-state index contributed by atoms with van der Waals surface area (Å²) in [6.45, 7) is 2.07. The number of benzene rings is 1. The summed E-state index contributed by atoms with van der Waals surface area (Å²) in [6.07, 6.45) is 2.06. The summed E-state index contributed by atoms with van der Waals surface area (Å²) in [5.41, 5.74) is 0.358. The van der Waals surface area contributed by atoms with Crippen LogP contribution in [0.15, 0.2) is 40.1 Å². The Kier molecular flexibility index (Phi) is 3.41. The maximum atomic E-state index is 13.0. The molecular weight excluding hydrogens is 235 g/mol. The van der Waals surface area contributed by atoms with Crippen LogP contribution in [0, 0.1) is 5.82 Å². The van der Waals surface area contributed by atoms with Crippen LogP contribution in [-0.2, 0) is 13.0 Å². The van der Waals surface area contributed by atoms with Gasteiger partial charge in [-0.25, -0.2) is 9.18 Å². The van der Waals surface area contributed by atoms with Crippen LogP contribution in [0.2, 0.25) is 0 Å². The maximum Gasteiger partial charge on any atom is 0.328 e. The fraction of sp³-hybridized carbons (Fsp3) is 0.231. The van der Waals surface area contributed by atoms with E-state index in [9.17, 15) is 14.0 Å². The lowest BCUT2D eigenvalue weighted by Gasteiger charge is -2.06. The van der Waals surface area contributed by atoms with Crippen molar-refractivity contribution in [2.75, 3.05) is 0 Å². The fourth-order valence-corrected chi connectivity index (χ4v) is 1.76. The van der Waals surface area contributed by atoms with Crippen LogP contribution in [0.1, 0.15) is 18.1 Å². The lowest BCUT2D eigenvalue weighted by molar-refractivity contribution is 0.621. The molecule has 0 saturated carbocycles. The van der Waals surface area contributed by atoms with Crippen molar-refractivity contribution in [2.45, 2.75) is 19.9 Å². The molecule has 0 unspecified atom stereocenters. The number of aromatic amines is 1. The Morgan fingerprint density at radius 3 is 2.78 bits per heavy atom. The SMILES string of the molecule is CCc1cn(Cc2cccc(F)c2)c(=O)[nH]c1=O. The van der Waals surface area contributed by atoms with E-state index in [2.05, 4.69) is 4.98 Å². The smallest absolute Gasteiger partial charge is 0.296 e. The highest BCUT2D eigenvalue weighted by Gasteiger charge is 2.04. The van der Waals surface area contributed by atoms with Gasteiger partial charge in [0, 0.05) is 11.8 Å². The van der Waals surface area contributed by atoms with E-state index in [1.807, 2.05) is 6.92 Å². The molecule has 0 saturated heterocycles.